The zero-order valence-corrected chi connectivity index (χ0v) is 20.5. The van der Waals surface area contributed by atoms with E-state index >= 15 is 0 Å². The van der Waals surface area contributed by atoms with E-state index in [2.05, 4.69) is 11.7 Å². The first-order valence-electron chi connectivity index (χ1n) is 12.2. The molecule has 1 radical (unpaired) electrons. The van der Waals surface area contributed by atoms with Gasteiger partial charge in [0.05, 0.1) is 0 Å². The molecule has 1 heterocycles. The van der Waals surface area contributed by atoms with Gasteiger partial charge in [-0.3, -0.25) is 0 Å². The van der Waals surface area contributed by atoms with Crippen LogP contribution in [-0.2, 0) is 0 Å². The van der Waals surface area contributed by atoms with Gasteiger partial charge in [0.25, 0.3) is 0 Å². The summed E-state index contributed by atoms with van der Waals surface area (Å²) in [6, 6.07) is 8.92. The van der Waals surface area contributed by atoms with E-state index in [9.17, 15) is 13.2 Å². The molecule has 1 saturated carbocycles. The molecule has 0 unspecified atom stereocenters. The summed E-state index contributed by atoms with van der Waals surface area (Å²) in [5.74, 6) is 0.799. The van der Waals surface area contributed by atoms with Crippen molar-refractivity contribution in [2.75, 3.05) is 0 Å². The van der Waals surface area contributed by atoms with Gasteiger partial charge in [-0.15, -0.1) is 8.78 Å². The number of hydrogen-bond donors (Lipinski definition) is 0. The highest BCUT2D eigenvalue weighted by molar-refractivity contribution is 6.58. The van der Waals surface area contributed by atoms with Crippen molar-refractivity contribution in [1.82, 2.24) is 0 Å². The fourth-order valence-corrected chi connectivity index (χ4v) is 8.78. The third-order valence-corrected chi connectivity index (χ3v) is 10.7. The molecule has 1 saturated heterocycles. The van der Waals surface area contributed by atoms with Crippen LogP contribution in [0.15, 0.2) is 18.2 Å². The fourth-order valence-electron chi connectivity index (χ4n) is 5.61. The molecule has 0 bridgehead atoms. The monoisotopic (exact) mass is 473 g/mol. The first-order chi connectivity index (χ1) is 14.8. The minimum atomic E-state index is -3.89. The van der Waals surface area contributed by atoms with Crippen molar-refractivity contribution < 1.29 is 17.9 Å². The van der Waals surface area contributed by atoms with E-state index < -0.39 is 17.1 Å². The highest BCUT2D eigenvalue weighted by atomic mass is 35.5. The summed E-state index contributed by atoms with van der Waals surface area (Å²) in [6.07, 6.45) is 14.2. The van der Waals surface area contributed by atoms with Gasteiger partial charge in [-0.25, -0.2) is 4.39 Å². The lowest BCUT2D eigenvalue weighted by atomic mass is 9.77. The molecule has 0 atom stereocenters. The van der Waals surface area contributed by atoms with Gasteiger partial charge in [-0.05, 0) is 61.1 Å². The van der Waals surface area contributed by atoms with Gasteiger partial charge in [-0.2, -0.15) is 0 Å². The van der Waals surface area contributed by atoms with Crippen LogP contribution in [0.25, 0.3) is 0 Å². The highest BCUT2D eigenvalue weighted by Crippen LogP contribution is 2.39. The summed E-state index contributed by atoms with van der Waals surface area (Å²) in [5.41, 5.74) is -3.02. The van der Waals surface area contributed by atoms with Crippen LogP contribution in [0.3, 0.4) is 0 Å². The van der Waals surface area contributed by atoms with E-state index in [0.29, 0.717) is 5.92 Å². The predicted molar refractivity (Wildman–Crippen MR) is 124 cm³/mol. The number of benzene rings is 1. The summed E-state index contributed by atoms with van der Waals surface area (Å²) in [6.45, 7) is 2.33. The maximum atomic E-state index is 14.1. The minimum absolute atomic E-state index is 0.0111. The predicted octanol–water partition coefficient (Wildman–Crippen LogP) is 9.14. The van der Waals surface area contributed by atoms with Crippen LogP contribution < -0.4 is 4.74 Å². The summed E-state index contributed by atoms with van der Waals surface area (Å²) >= 11 is 4.74. The van der Waals surface area contributed by atoms with Gasteiger partial charge in [0.15, 0.2) is 11.6 Å². The summed E-state index contributed by atoms with van der Waals surface area (Å²) in [5, 5.41) is 0. The van der Waals surface area contributed by atoms with Crippen LogP contribution in [-0.4, -0.2) is 14.4 Å². The molecule has 6 heteroatoms. The van der Waals surface area contributed by atoms with Gasteiger partial charge in [-0.1, -0.05) is 76.1 Å². The molecule has 1 aromatic carbocycles. The quantitative estimate of drug-likeness (QED) is 0.187. The van der Waals surface area contributed by atoms with Crippen molar-refractivity contribution in [1.29, 1.82) is 0 Å². The number of hydrogen-bond acceptors (Lipinski definition) is 1. The standard InChI is InChI=1S/C25H37ClF3OSi/c1-2-15-31-16-13-20(14-17-31)6-4-3-5-19-7-9-21(10-8-19)22-11-12-24(23(27)18-22)30-25(26,28)29/h11-12,18-21H,2-10,13-17H2,1H3. The highest BCUT2D eigenvalue weighted by Gasteiger charge is 2.30. The summed E-state index contributed by atoms with van der Waals surface area (Å²) in [4.78, 5) is 0. The average Bonchev–Trinajstić information content (AvgIpc) is 2.74. The number of ether oxygens (including phenoxy) is 1. The molecule has 2 fully saturated rings. The minimum Gasteiger partial charge on any atom is -0.417 e. The van der Waals surface area contributed by atoms with Crippen molar-refractivity contribution in [2.45, 2.75) is 107 Å². The molecule has 2 aliphatic rings. The smallest absolute Gasteiger partial charge is 0.417 e. The van der Waals surface area contributed by atoms with Gasteiger partial charge in [0.2, 0.25) is 0 Å². The third kappa shape index (κ3) is 8.31. The van der Waals surface area contributed by atoms with E-state index in [1.165, 1.54) is 76.0 Å². The molecule has 175 valence electrons. The van der Waals surface area contributed by atoms with Crippen molar-refractivity contribution >= 4 is 20.4 Å². The number of unbranched alkanes of at least 4 members (excludes halogenated alkanes) is 1. The lowest BCUT2D eigenvalue weighted by Crippen LogP contribution is -2.21. The topological polar surface area (TPSA) is 9.23 Å². The first kappa shape index (κ1) is 24.9. The molecule has 3 rings (SSSR count). The largest absolute Gasteiger partial charge is 0.487 e. The first-order valence-corrected chi connectivity index (χ1v) is 14.7. The van der Waals surface area contributed by atoms with E-state index in [0.717, 1.165) is 30.2 Å². The lowest BCUT2D eigenvalue weighted by Gasteiger charge is -2.30. The van der Waals surface area contributed by atoms with Crippen molar-refractivity contribution in [3.63, 3.8) is 0 Å². The molecule has 1 aliphatic heterocycles. The second kappa shape index (κ2) is 12.0. The van der Waals surface area contributed by atoms with Crippen LogP contribution >= 0.6 is 11.6 Å². The number of halogens is 4. The molecule has 1 aromatic rings. The van der Waals surface area contributed by atoms with Crippen LogP contribution in [0.4, 0.5) is 13.2 Å². The Bertz CT molecular complexity index is 665. The molecular weight excluding hydrogens is 437 g/mol. The Hall–Kier alpha value is -0.683. The van der Waals surface area contributed by atoms with Gasteiger partial charge in [0, 0.05) is 20.4 Å². The number of rotatable bonds is 10. The van der Waals surface area contributed by atoms with E-state index in [4.69, 9.17) is 11.6 Å². The van der Waals surface area contributed by atoms with E-state index in [1.54, 1.807) is 18.2 Å². The molecule has 0 N–H and O–H groups in total. The maximum absolute atomic E-state index is 14.1. The Balaban J connectivity index is 1.32. The van der Waals surface area contributed by atoms with Crippen molar-refractivity contribution in [2.24, 2.45) is 11.8 Å². The molecule has 1 aliphatic carbocycles. The van der Waals surface area contributed by atoms with Crippen LogP contribution in [0, 0.1) is 17.7 Å². The van der Waals surface area contributed by atoms with Crippen molar-refractivity contribution in [3.05, 3.63) is 29.6 Å². The summed E-state index contributed by atoms with van der Waals surface area (Å²) in [7, 11) is 0.0111. The molecule has 0 aromatic heterocycles. The Morgan fingerprint density at radius 2 is 1.61 bits per heavy atom. The maximum Gasteiger partial charge on any atom is 0.487 e. The normalized spacial score (nSPS) is 23.8. The van der Waals surface area contributed by atoms with E-state index in [1.807, 2.05) is 0 Å². The Labute approximate surface area is 192 Å². The zero-order chi connectivity index (χ0) is 22.3. The van der Waals surface area contributed by atoms with Crippen molar-refractivity contribution in [3.8, 4) is 5.75 Å². The third-order valence-electron chi connectivity index (χ3n) is 7.39. The van der Waals surface area contributed by atoms with Crippen LogP contribution in [0.5, 0.6) is 5.75 Å². The van der Waals surface area contributed by atoms with Gasteiger partial charge < -0.3 is 4.74 Å². The number of alkyl halides is 3. The van der Waals surface area contributed by atoms with E-state index in [-0.39, 0.29) is 8.80 Å². The Kier molecular flexibility index (Phi) is 9.63. The second-order valence-corrected chi connectivity index (χ2v) is 13.1. The van der Waals surface area contributed by atoms with Crippen LogP contribution in [0.1, 0.15) is 89.0 Å². The molecule has 0 amide bonds. The molecule has 0 spiro atoms. The zero-order valence-electron chi connectivity index (χ0n) is 18.8. The Morgan fingerprint density at radius 3 is 2.16 bits per heavy atom. The lowest BCUT2D eigenvalue weighted by molar-refractivity contribution is -0.0984. The molecular formula is C25H37ClF3OSi. The van der Waals surface area contributed by atoms with Gasteiger partial charge in [0.1, 0.15) is 0 Å². The molecule has 1 nitrogen and oxygen atoms in total. The molecule has 31 heavy (non-hydrogen) atoms. The second-order valence-electron chi connectivity index (χ2n) is 9.68. The van der Waals surface area contributed by atoms with Gasteiger partial charge >= 0.3 is 5.57 Å². The SMILES string of the molecule is CCC[Si]1CCC(CCCCC2CCC(c3ccc(OC(F)(F)Cl)c(F)c3)CC2)CC1. The Morgan fingerprint density at radius 1 is 1.00 bits per heavy atom. The fraction of sp³-hybridized carbons (Fsp3) is 0.760. The summed E-state index contributed by atoms with van der Waals surface area (Å²) < 4.78 is 43.8. The average molecular weight is 474 g/mol. The van der Waals surface area contributed by atoms with Crippen LogP contribution in [0.2, 0.25) is 18.1 Å².